The van der Waals surface area contributed by atoms with Crippen LogP contribution in [0.2, 0.25) is 0 Å². The van der Waals surface area contributed by atoms with Gasteiger partial charge in [-0.3, -0.25) is 9.79 Å². The number of aromatic nitrogens is 1. The number of carbonyl (C=O) groups excluding carboxylic acids is 1. The zero-order chi connectivity index (χ0) is 31.6. The molecule has 2 rings (SSSR count). The van der Waals surface area contributed by atoms with Crippen LogP contribution < -0.4 is 16.8 Å². The minimum Gasteiger partial charge on any atom is -0.398 e. The molecule has 10 heteroatoms. The fraction of sp³-hybridized carbons (Fsp3) is 0.250. The number of primary amides is 1. The van der Waals surface area contributed by atoms with Crippen LogP contribution in [0.5, 0.6) is 0 Å². The van der Waals surface area contributed by atoms with E-state index in [0.29, 0.717) is 52.2 Å². The van der Waals surface area contributed by atoms with Crippen LogP contribution in [0.1, 0.15) is 64.2 Å². The maximum absolute atomic E-state index is 14.7. The van der Waals surface area contributed by atoms with Crippen molar-refractivity contribution in [2.75, 3.05) is 11.1 Å². The van der Waals surface area contributed by atoms with E-state index in [2.05, 4.69) is 10.3 Å². The van der Waals surface area contributed by atoms with Crippen molar-refractivity contribution in [2.24, 2.45) is 10.7 Å². The van der Waals surface area contributed by atoms with Gasteiger partial charge in [-0.15, -0.1) is 0 Å². The van der Waals surface area contributed by atoms with Gasteiger partial charge in [-0.05, 0) is 69.9 Å². The minimum atomic E-state index is -0.841. The van der Waals surface area contributed by atoms with Crippen molar-refractivity contribution in [3.8, 4) is 0 Å². The highest BCUT2D eigenvalue weighted by molar-refractivity contribution is 6.38. The number of halogens is 3. The van der Waals surface area contributed by atoms with Gasteiger partial charge in [0.2, 0.25) is 11.9 Å². The van der Waals surface area contributed by atoms with Crippen LogP contribution in [0.4, 0.5) is 20.3 Å². The lowest BCUT2D eigenvalue weighted by molar-refractivity contribution is -0.114. The summed E-state index contributed by atoms with van der Waals surface area (Å²) in [6.07, 6.45) is 9.10. The van der Waals surface area contributed by atoms with Gasteiger partial charge in [0.05, 0.1) is 16.3 Å². The molecule has 1 amide bonds. The van der Waals surface area contributed by atoms with E-state index in [1.54, 1.807) is 43.4 Å². The molecule has 1 aromatic carbocycles. The molecule has 0 atom stereocenters. The Morgan fingerprint density at radius 2 is 1.86 bits per heavy atom. The monoisotopic (exact) mass is 594 g/mol. The normalized spacial score (nSPS) is 14.1. The molecule has 0 aliphatic heterocycles. The Bertz CT molecular complexity index is 1550. The number of hydrogen-bond acceptors (Lipinski definition) is 6. The highest BCUT2D eigenvalue weighted by Gasteiger charge is 2.22. The van der Waals surface area contributed by atoms with Crippen molar-refractivity contribution >= 4 is 46.6 Å². The molecule has 0 saturated carbocycles. The largest absolute Gasteiger partial charge is 0.398 e. The summed E-state index contributed by atoms with van der Waals surface area (Å²) in [6.45, 7) is 11.0. The first-order chi connectivity index (χ1) is 19.9. The summed E-state index contributed by atoms with van der Waals surface area (Å²) in [6, 6.07) is 5.37. The minimum absolute atomic E-state index is 0.0190. The van der Waals surface area contributed by atoms with Gasteiger partial charge in [0, 0.05) is 40.0 Å². The van der Waals surface area contributed by atoms with Crippen molar-refractivity contribution in [1.29, 1.82) is 5.41 Å². The number of hydrogen-bond donors (Lipinski definition) is 4. The second kappa shape index (κ2) is 15.6. The van der Waals surface area contributed by atoms with Gasteiger partial charge in [-0.25, -0.2) is 4.39 Å². The number of nitrogens with two attached hydrogens (primary N) is 2. The zero-order valence-electron chi connectivity index (χ0n) is 24.7. The average Bonchev–Trinajstić information content (AvgIpc) is 2.96. The Labute approximate surface area is 251 Å². The van der Waals surface area contributed by atoms with Crippen LogP contribution >= 0.6 is 11.6 Å². The van der Waals surface area contributed by atoms with Crippen LogP contribution in [0.3, 0.4) is 0 Å². The quantitative estimate of drug-likeness (QED) is 0.0658. The second-order valence-electron chi connectivity index (χ2n) is 9.36. The maximum atomic E-state index is 14.7. The SMILES string of the molecule is C\C=C/C=C(C(/C)=N\C(=C(Cl)/C(=C/CC)C(N)=O)c1c(C)ccc(N)c1C=N)\C(Nc1nc(F)ccc1F)=C(/C)CC. The van der Waals surface area contributed by atoms with Crippen molar-refractivity contribution in [1.82, 2.24) is 4.98 Å². The van der Waals surface area contributed by atoms with E-state index >= 15 is 0 Å². The molecule has 42 heavy (non-hydrogen) atoms. The van der Waals surface area contributed by atoms with Crippen LogP contribution in [0, 0.1) is 24.1 Å². The predicted molar refractivity (Wildman–Crippen MR) is 171 cm³/mol. The van der Waals surface area contributed by atoms with Gasteiger partial charge in [0.15, 0.2) is 11.6 Å². The average molecular weight is 595 g/mol. The standard InChI is InChI=1S/C32H37ClF2N6O/c1-7-10-12-21(29(18(4)9-3)41-32-24(34)14-16-26(35)40-32)20(6)39-30(28(33)22(11-8-2)31(38)42)27-19(5)13-15-25(37)23(27)17-36/h7,10-17,36H,8-9,37H2,1-6H3,(H2,38,42)(H,40,41)/b10-7-,21-12-,22-11-,29-18-,30-28+,36-17?,39-20-. The number of benzene rings is 1. The lowest BCUT2D eigenvalue weighted by Crippen LogP contribution is -2.16. The van der Waals surface area contributed by atoms with Gasteiger partial charge in [-0.2, -0.15) is 9.37 Å². The van der Waals surface area contributed by atoms with E-state index in [0.717, 1.165) is 23.9 Å². The summed E-state index contributed by atoms with van der Waals surface area (Å²) in [7, 11) is 0. The number of nitrogen functional groups attached to an aromatic ring is 1. The molecule has 0 fully saturated rings. The van der Waals surface area contributed by atoms with Gasteiger partial charge in [-0.1, -0.05) is 55.8 Å². The number of pyridine rings is 1. The van der Waals surface area contributed by atoms with Gasteiger partial charge in [0.25, 0.3) is 0 Å². The first-order valence-electron chi connectivity index (χ1n) is 13.4. The number of nitrogens with zero attached hydrogens (tertiary/aromatic N) is 2. The second-order valence-corrected chi connectivity index (χ2v) is 9.74. The third-order valence-corrected chi connectivity index (χ3v) is 6.78. The van der Waals surface area contributed by atoms with Crippen molar-refractivity contribution in [2.45, 2.75) is 54.4 Å². The van der Waals surface area contributed by atoms with Crippen molar-refractivity contribution in [3.05, 3.63) is 104 Å². The Morgan fingerprint density at radius 1 is 1.17 bits per heavy atom. The van der Waals surface area contributed by atoms with Gasteiger partial charge < -0.3 is 22.2 Å². The molecule has 1 aromatic heterocycles. The van der Waals surface area contributed by atoms with Crippen molar-refractivity contribution in [3.63, 3.8) is 0 Å². The topological polar surface area (TPSA) is 130 Å². The van der Waals surface area contributed by atoms with Crippen molar-refractivity contribution < 1.29 is 13.6 Å². The van der Waals surface area contributed by atoms with E-state index in [1.807, 2.05) is 34.6 Å². The molecule has 222 valence electrons. The van der Waals surface area contributed by atoms with Gasteiger partial charge >= 0.3 is 0 Å². The Hall–Kier alpha value is -4.37. The molecular weight excluding hydrogens is 558 g/mol. The number of aryl methyl sites for hydroxylation is 1. The summed E-state index contributed by atoms with van der Waals surface area (Å²) in [5.41, 5.74) is 16.2. The first kappa shape index (κ1) is 33.8. The molecule has 0 spiro atoms. The van der Waals surface area contributed by atoms with Gasteiger partial charge in [0.1, 0.15) is 0 Å². The molecular formula is C32H37ClF2N6O. The number of carbonyl (C=O) groups is 1. The summed E-state index contributed by atoms with van der Waals surface area (Å²) in [5.74, 6) is -2.60. The highest BCUT2D eigenvalue weighted by Crippen LogP contribution is 2.35. The third-order valence-electron chi connectivity index (χ3n) is 6.39. The molecule has 0 aliphatic rings. The first-order valence-corrected chi connectivity index (χ1v) is 13.8. The summed E-state index contributed by atoms with van der Waals surface area (Å²) >= 11 is 6.89. The third kappa shape index (κ3) is 8.10. The molecule has 0 aliphatic carbocycles. The Balaban J connectivity index is 3.02. The number of amides is 1. The van der Waals surface area contributed by atoms with Crippen LogP contribution in [-0.2, 0) is 4.79 Å². The van der Waals surface area contributed by atoms with E-state index in [-0.39, 0.29) is 22.1 Å². The number of allylic oxidation sites excluding steroid dienone is 6. The fourth-order valence-corrected chi connectivity index (χ4v) is 4.38. The Kier molecular flexibility index (Phi) is 12.6. The summed E-state index contributed by atoms with van der Waals surface area (Å²) in [4.78, 5) is 21.0. The molecule has 7 nitrogen and oxygen atoms in total. The van der Waals surface area contributed by atoms with E-state index in [4.69, 9.17) is 33.5 Å². The van der Waals surface area contributed by atoms with E-state index in [9.17, 15) is 13.6 Å². The molecule has 0 radical (unpaired) electrons. The molecule has 0 saturated heterocycles. The zero-order valence-corrected chi connectivity index (χ0v) is 25.5. The number of anilines is 2. The lowest BCUT2D eigenvalue weighted by Gasteiger charge is -2.20. The van der Waals surface area contributed by atoms with E-state index < -0.39 is 17.7 Å². The predicted octanol–water partition coefficient (Wildman–Crippen LogP) is 7.74. The summed E-state index contributed by atoms with van der Waals surface area (Å²) < 4.78 is 28.6. The molecule has 1 heterocycles. The number of rotatable bonds is 12. The molecule has 0 unspecified atom stereocenters. The lowest BCUT2D eigenvalue weighted by atomic mass is 9.95. The van der Waals surface area contributed by atoms with Crippen LogP contribution in [-0.4, -0.2) is 22.8 Å². The molecule has 6 N–H and O–H groups in total. The van der Waals surface area contributed by atoms with Crippen LogP contribution in [0.15, 0.2) is 81.0 Å². The highest BCUT2D eigenvalue weighted by atomic mass is 35.5. The smallest absolute Gasteiger partial charge is 0.249 e. The maximum Gasteiger partial charge on any atom is 0.249 e. The Morgan fingerprint density at radius 3 is 2.43 bits per heavy atom. The molecule has 2 aromatic rings. The summed E-state index contributed by atoms with van der Waals surface area (Å²) in [5, 5.41) is 11.0. The number of nitrogens with one attached hydrogen (secondary N) is 2. The fourth-order valence-electron chi connectivity index (χ4n) is 4.07. The molecule has 0 bridgehead atoms. The number of aliphatic imine (C=N–C) groups is 1. The van der Waals surface area contributed by atoms with Crippen LogP contribution in [0.25, 0.3) is 5.70 Å². The van der Waals surface area contributed by atoms with E-state index in [1.165, 1.54) is 0 Å².